The smallest absolute Gasteiger partial charge is 0.309 e. The molecule has 3 rings (SSSR count). The zero-order chi connectivity index (χ0) is 21.1. The van der Waals surface area contributed by atoms with Gasteiger partial charge in [0.05, 0.1) is 18.4 Å². The predicted octanol–water partition coefficient (Wildman–Crippen LogP) is 4.20. The summed E-state index contributed by atoms with van der Waals surface area (Å²) in [7, 11) is 0. The number of fused-ring (bicyclic) bond motifs is 1. The van der Waals surface area contributed by atoms with Crippen molar-refractivity contribution in [1.82, 2.24) is 0 Å². The number of esters is 2. The first-order valence-corrected chi connectivity index (χ1v) is 11.2. The van der Waals surface area contributed by atoms with E-state index in [0.29, 0.717) is 18.3 Å². The molecular formula is C24H36O5. The van der Waals surface area contributed by atoms with Gasteiger partial charge >= 0.3 is 11.9 Å². The minimum absolute atomic E-state index is 0.0967. The topological polar surface area (TPSA) is 72.8 Å². The number of allylic oxidation sites excluding steroid dienone is 3. The lowest BCUT2D eigenvalue weighted by Gasteiger charge is -2.42. The third-order valence-electron chi connectivity index (χ3n) is 7.04. The fourth-order valence-electron chi connectivity index (χ4n) is 4.90. The third kappa shape index (κ3) is 5.30. The van der Waals surface area contributed by atoms with Gasteiger partial charge < -0.3 is 14.6 Å². The molecule has 0 aromatic rings. The van der Waals surface area contributed by atoms with E-state index in [9.17, 15) is 14.7 Å². The van der Waals surface area contributed by atoms with E-state index < -0.39 is 6.10 Å². The first-order chi connectivity index (χ1) is 13.8. The largest absolute Gasteiger partial charge is 0.462 e. The molecule has 0 amide bonds. The SMILES string of the molecule is CC(C)[C@H](C)C(=O)OC1CCC=C2C=C[C@H](C)[C@H](CC[C@@H]3C[C@@H](O)CC(=O)O3)[C@H]21. The van der Waals surface area contributed by atoms with Gasteiger partial charge in [-0.3, -0.25) is 9.59 Å². The van der Waals surface area contributed by atoms with Crippen LogP contribution in [-0.2, 0) is 19.1 Å². The lowest BCUT2D eigenvalue weighted by atomic mass is 9.66. The summed E-state index contributed by atoms with van der Waals surface area (Å²) < 4.78 is 11.5. The van der Waals surface area contributed by atoms with Gasteiger partial charge in [0.2, 0.25) is 0 Å². The fourth-order valence-corrected chi connectivity index (χ4v) is 4.90. The van der Waals surface area contributed by atoms with Gasteiger partial charge in [-0.25, -0.2) is 0 Å². The molecular weight excluding hydrogens is 368 g/mol. The van der Waals surface area contributed by atoms with Gasteiger partial charge in [-0.1, -0.05) is 45.9 Å². The second-order valence-electron chi connectivity index (χ2n) is 9.48. The molecule has 0 aromatic carbocycles. The molecule has 3 aliphatic rings. The van der Waals surface area contributed by atoms with Crippen LogP contribution in [0.1, 0.15) is 66.2 Å². The molecule has 1 unspecified atom stereocenters. The van der Waals surface area contributed by atoms with Crippen molar-refractivity contribution in [1.29, 1.82) is 0 Å². The molecule has 1 aliphatic heterocycles. The van der Waals surface area contributed by atoms with Crippen molar-refractivity contribution in [2.75, 3.05) is 0 Å². The summed E-state index contributed by atoms with van der Waals surface area (Å²) in [5.41, 5.74) is 1.27. The Morgan fingerprint density at radius 1 is 1.31 bits per heavy atom. The normalized spacial score (nSPS) is 35.5. The molecule has 1 N–H and O–H groups in total. The van der Waals surface area contributed by atoms with Crippen LogP contribution in [0.2, 0.25) is 0 Å². The number of cyclic esters (lactones) is 1. The Balaban J connectivity index is 1.70. The van der Waals surface area contributed by atoms with Crippen LogP contribution < -0.4 is 0 Å². The maximum Gasteiger partial charge on any atom is 0.309 e. The van der Waals surface area contributed by atoms with Crippen LogP contribution in [0.5, 0.6) is 0 Å². The molecule has 7 atom stereocenters. The third-order valence-corrected chi connectivity index (χ3v) is 7.04. The van der Waals surface area contributed by atoms with E-state index in [0.717, 1.165) is 25.7 Å². The molecule has 1 fully saturated rings. The number of hydrogen-bond donors (Lipinski definition) is 1. The number of aliphatic hydroxyl groups is 1. The Morgan fingerprint density at radius 2 is 2.07 bits per heavy atom. The second-order valence-corrected chi connectivity index (χ2v) is 9.48. The first-order valence-electron chi connectivity index (χ1n) is 11.2. The second kappa shape index (κ2) is 9.46. The van der Waals surface area contributed by atoms with Gasteiger partial charge in [0, 0.05) is 12.3 Å². The van der Waals surface area contributed by atoms with Crippen LogP contribution in [0, 0.1) is 29.6 Å². The van der Waals surface area contributed by atoms with E-state index in [1.807, 2.05) is 20.8 Å². The number of carbonyl (C=O) groups excluding carboxylic acids is 2. The molecule has 0 aromatic heterocycles. The molecule has 1 heterocycles. The van der Waals surface area contributed by atoms with Crippen LogP contribution in [0.4, 0.5) is 0 Å². The molecule has 29 heavy (non-hydrogen) atoms. The summed E-state index contributed by atoms with van der Waals surface area (Å²) in [5, 5.41) is 9.89. The summed E-state index contributed by atoms with van der Waals surface area (Å²) in [6.07, 6.45) is 9.82. The van der Waals surface area contributed by atoms with Crippen LogP contribution in [-0.4, -0.2) is 35.4 Å². The van der Waals surface area contributed by atoms with Gasteiger partial charge in [0.1, 0.15) is 12.2 Å². The predicted molar refractivity (Wildman–Crippen MR) is 111 cm³/mol. The van der Waals surface area contributed by atoms with Crippen molar-refractivity contribution in [3.63, 3.8) is 0 Å². The molecule has 0 saturated carbocycles. The van der Waals surface area contributed by atoms with Crippen molar-refractivity contribution in [2.45, 2.75) is 84.5 Å². The number of carbonyl (C=O) groups is 2. The first kappa shape index (κ1) is 22.1. The van der Waals surface area contributed by atoms with Crippen molar-refractivity contribution in [3.8, 4) is 0 Å². The molecule has 0 bridgehead atoms. The number of aliphatic hydroxyl groups excluding tert-OH is 1. The minimum Gasteiger partial charge on any atom is -0.462 e. The average molecular weight is 405 g/mol. The van der Waals surface area contributed by atoms with E-state index >= 15 is 0 Å². The van der Waals surface area contributed by atoms with E-state index in [2.05, 4.69) is 25.2 Å². The standard InChI is InChI=1S/C24H36O5/c1-14(2)16(4)24(27)29-21-7-5-6-17-9-8-15(3)20(23(17)21)11-10-19-12-18(25)13-22(26)28-19/h6,8-9,14-16,18-21,23,25H,5,7,10-13H2,1-4H3/t15-,16-,18+,19+,20-,21?,23-/m0/s1. The Hall–Kier alpha value is -1.62. The highest BCUT2D eigenvalue weighted by Crippen LogP contribution is 2.44. The summed E-state index contributed by atoms with van der Waals surface area (Å²) in [6.45, 7) is 8.25. The summed E-state index contributed by atoms with van der Waals surface area (Å²) in [6, 6.07) is 0. The van der Waals surface area contributed by atoms with E-state index in [1.54, 1.807) is 0 Å². The van der Waals surface area contributed by atoms with Crippen molar-refractivity contribution in [2.24, 2.45) is 29.6 Å². The molecule has 5 nitrogen and oxygen atoms in total. The van der Waals surface area contributed by atoms with Crippen molar-refractivity contribution < 1.29 is 24.2 Å². The van der Waals surface area contributed by atoms with Gasteiger partial charge in [0.15, 0.2) is 0 Å². The lowest BCUT2D eigenvalue weighted by molar-refractivity contribution is -0.162. The van der Waals surface area contributed by atoms with Crippen LogP contribution >= 0.6 is 0 Å². The van der Waals surface area contributed by atoms with E-state index in [-0.39, 0.29) is 48.3 Å². The molecule has 1 saturated heterocycles. The zero-order valence-corrected chi connectivity index (χ0v) is 18.2. The minimum atomic E-state index is -0.596. The highest BCUT2D eigenvalue weighted by Gasteiger charge is 2.41. The van der Waals surface area contributed by atoms with Crippen molar-refractivity contribution >= 4 is 11.9 Å². The molecule has 0 radical (unpaired) electrons. The Morgan fingerprint density at radius 3 is 2.76 bits per heavy atom. The Labute approximate surface area is 174 Å². The summed E-state index contributed by atoms with van der Waals surface area (Å²) in [4.78, 5) is 24.3. The molecule has 0 spiro atoms. The van der Waals surface area contributed by atoms with Gasteiger partial charge in [0.25, 0.3) is 0 Å². The maximum atomic E-state index is 12.6. The number of ether oxygens (including phenoxy) is 2. The molecule has 5 heteroatoms. The van der Waals surface area contributed by atoms with Crippen LogP contribution in [0.25, 0.3) is 0 Å². The Kier molecular flexibility index (Phi) is 7.20. The van der Waals surface area contributed by atoms with Crippen LogP contribution in [0.15, 0.2) is 23.8 Å². The van der Waals surface area contributed by atoms with E-state index in [4.69, 9.17) is 9.47 Å². The molecule has 162 valence electrons. The maximum absolute atomic E-state index is 12.6. The summed E-state index contributed by atoms with van der Waals surface area (Å²) >= 11 is 0. The zero-order valence-electron chi connectivity index (χ0n) is 18.2. The van der Waals surface area contributed by atoms with E-state index in [1.165, 1.54) is 5.57 Å². The number of rotatable bonds is 6. The molecule has 2 aliphatic carbocycles. The average Bonchev–Trinajstić information content (AvgIpc) is 2.66. The summed E-state index contributed by atoms with van der Waals surface area (Å²) in [5.74, 6) is 0.627. The van der Waals surface area contributed by atoms with Crippen molar-refractivity contribution in [3.05, 3.63) is 23.8 Å². The number of hydrogen-bond acceptors (Lipinski definition) is 5. The van der Waals surface area contributed by atoms with Gasteiger partial charge in [-0.15, -0.1) is 0 Å². The van der Waals surface area contributed by atoms with Gasteiger partial charge in [-0.2, -0.15) is 0 Å². The lowest BCUT2D eigenvalue weighted by Crippen LogP contribution is -2.41. The Bertz CT molecular complexity index is 664. The quantitative estimate of drug-likeness (QED) is 0.672. The highest BCUT2D eigenvalue weighted by atomic mass is 16.5. The monoisotopic (exact) mass is 404 g/mol. The highest BCUT2D eigenvalue weighted by molar-refractivity contribution is 5.72. The van der Waals surface area contributed by atoms with Crippen LogP contribution in [0.3, 0.4) is 0 Å². The van der Waals surface area contributed by atoms with Gasteiger partial charge in [-0.05, 0) is 49.0 Å². The fraction of sp³-hybridized carbons (Fsp3) is 0.750.